The maximum Gasteiger partial charge on any atom is 0.245 e. The van der Waals surface area contributed by atoms with Crippen molar-refractivity contribution >= 4 is 59.1 Å². The van der Waals surface area contributed by atoms with E-state index in [0.717, 1.165) is 0 Å². The molecule has 0 aromatic heterocycles. The number of aliphatic hydroxyl groups excluding tert-OH is 2. The highest BCUT2D eigenvalue weighted by atomic mass is 16.3. The van der Waals surface area contributed by atoms with Crippen molar-refractivity contribution in [3.05, 3.63) is 29.8 Å². The number of phenolic OH excluding ortho intramolecular Hbond substituents is 1. The van der Waals surface area contributed by atoms with Gasteiger partial charge in [0.1, 0.15) is 42.0 Å². The Hall–Kier alpha value is -6.36. The van der Waals surface area contributed by atoms with E-state index < -0.39 is 134 Å². The highest BCUT2D eigenvalue weighted by Gasteiger charge is 2.32. The molecule has 0 saturated carbocycles. The molecule has 0 radical (unpaired) electrons. The number of amides is 10. The lowest BCUT2D eigenvalue weighted by molar-refractivity contribution is -0.136. The van der Waals surface area contributed by atoms with Crippen LogP contribution >= 0.6 is 0 Å². The highest BCUT2D eigenvalue weighted by Crippen LogP contribution is 2.12. The van der Waals surface area contributed by atoms with Crippen molar-refractivity contribution in [1.82, 2.24) is 42.5 Å². The molecule has 1 aliphatic rings. The second kappa shape index (κ2) is 20.5. The Morgan fingerprint density at radius 2 is 0.981 bits per heavy atom. The van der Waals surface area contributed by atoms with E-state index in [0.29, 0.717) is 5.56 Å². The van der Waals surface area contributed by atoms with Crippen LogP contribution in [0.3, 0.4) is 0 Å². The highest BCUT2D eigenvalue weighted by molar-refractivity contribution is 5.99. The van der Waals surface area contributed by atoms with Gasteiger partial charge in [-0.1, -0.05) is 12.1 Å². The Bertz CT molecular complexity index is 1570. The van der Waals surface area contributed by atoms with Crippen molar-refractivity contribution in [2.24, 2.45) is 11.5 Å². The Labute approximate surface area is 300 Å². The summed E-state index contributed by atoms with van der Waals surface area (Å²) in [7, 11) is 0. The molecule has 0 aliphatic carbocycles. The molecule has 2 rings (SSSR count). The van der Waals surface area contributed by atoms with Crippen molar-refractivity contribution < 1.29 is 63.3 Å². The predicted octanol–water partition coefficient (Wildman–Crippen LogP) is -8.16. The molecule has 23 nitrogen and oxygen atoms in total. The molecular formula is C30H42N10O13. The molecule has 0 spiro atoms. The van der Waals surface area contributed by atoms with E-state index in [1.807, 2.05) is 0 Å². The number of nitrogens with two attached hydrogens (primary N) is 2. The molecule has 23 heteroatoms. The summed E-state index contributed by atoms with van der Waals surface area (Å²) in [6.45, 7) is -2.51. The largest absolute Gasteiger partial charge is 0.508 e. The van der Waals surface area contributed by atoms with E-state index in [1.165, 1.54) is 31.2 Å². The van der Waals surface area contributed by atoms with Crippen molar-refractivity contribution in [2.45, 2.75) is 62.4 Å². The summed E-state index contributed by atoms with van der Waals surface area (Å²) in [6.07, 6.45) is -1.91. The topological polar surface area (TPSA) is 380 Å². The Morgan fingerprint density at radius 3 is 1.51 bits per heavy atom. The Balaban J connectivity index is 2.47. The van der Waals surface area contributed by atoms with Crippen LogP contribution in [0, 0.1) is 0 Å². The minimum absolute atomic E-state index is 0.124. The number of primary amides is 2. The number of aliphatic hydroxyl groups is 2. The van der Waals surface area contributed by atoms with Gasteiger partial charge in [-0.15, -0.1) is 0 Å². The molecule has 0 bridgehead atoms. The molecule has 0 unspecified atom stereocenters. The van der Waals surface area contributed by atoms with Crippen LogP contribution in [0.25, 0.3) is 0 Å². The molecule has 1 aromatic carbocycles. The van der Waals surface area contributed by atoms with Crippen molar-refractivity contribution in [3.8, 4) is 5.75 Å². The number of nitrogens with one attached hydrogen (secondary N) is 8. The van der Waals surface area contributed by atoms with Gasteiger partial charge < -0.3 is 69.3 Å². The van der Waals surface area contributed by atoms with E-state index in [4.69, 9.17) is 11.5 Å². The molecule has 1 fully saturated rings. The summed E-state index contributed by atoms with van der Waals surface area (Å²) in [5, 5.41) is 46.6. The van der Waals surface area contributed by atoms with Gasteiger partial charge in [-0.25, -0.2) is 0 Å². The zero-order chi connectivity index (χ0) is 39.8. The standard InChI is InChI=1S/C30H42N10O13/c1-13-25(48)33-9-24(47)37-19(11-41)30(53)38-16(6-14-2-4-15(43)5-3-14)27(50)39-17(7-21(31)44)26(49)34-10-23(46)36-18(8-22(32)45)28(51)40-20(12-42)29(52)35-13/h2-5,13,16-20,41-43H,6-12H2,1H3,(H2,31,44)(H2,32,45)(H,33,48)(H,34,49)(H,35,52)(H,36,46)(H,37,47)(H,38,53)(H,39,50)(H,40,51)/t13-,16-,17-,18-,19-,20-/m0/s1. The van der Waals surface area contributed by atoms with Gasteiger partial charge in [0.05, 0.1) is 39.1 Å². The lowest BCUT2D eigenvalue weighted by atomic mass is 10.0. The lowest BCUT2D eigenvalue weighted by Crippen LogP contribution is -2.60. The average Bonchev–Trinajstić information content (AvgIpc) is 3.09. The first-order valence-electron chi connectivity index (χ1n) is 15.9. The summed E-state index contributed by atoms with van der Waals surface area (Å²) in [5.74, 6) is -10.9. The molecule has 1 aliphatic heterocycles. The molecule has 290 valence electrons. The van der Waals surface area contributed by atoms with Gasteiger partial charge in [0, 0.05) is 6.42 Å². The van der Waals surface area contributed by atoms with Crippen molar-refractivity contribution in [3.63, 3.8) is 0 Å². The Morgan fingerprint density at radius 1 is 0.585 bits per heavy atom. The van der Waals surface area contributed by atoms with Gasteiger partial charge in [0.2, 0.25) is 59.1 Å². The first-order valence-corrected chi connectivity index (χ1v) is 15.9. The molecule has 1 heterocycles. The van der Waals surface area contributed by atoms with E-state index in [2.05, 4.69) is 42.5 Å². The van der Waals surface area contributed by atoms with Crippen LogP contribution in [0.4, 0.5) is 0 Å². The van der Waals surface area contributed by atoms with E-state index in [9.17, 15) is 63.3 Å². The second-order valence-corrected chi connectivity index (χ2v) is 11.7. The number of hydrogen-bond acceptors (Lipinski definition) is 13. The van der Waals surface area contributed by atoms with Crippen molar-refractivity contribution in [1.29, 1.82) is 0 Å². The smallest absolute Gasteiger partial charge is 0.245 e. The zero-order valence-electron chi connectivity index (χ0n) is 28.3. The second-order valence-electron chi connectivity index (χ2n) is 11.7. The van der Waals surface area contributed by atoms with Crippen LogP contribution in [0.2, 0.25) is 0 Å². The molecule has 1 saturated heterocycles. The lowest BCUT2D eigenvalue weighted by Gasteiger charge is -2.25. The first-order chi connectivity index (χ1) is 24.9. The number of benzene rings is 1. The minimum Gasteiger partial charge on any atom is -0.508 e. The quantitative estimate of drug-likeness (QED) is 0.118. The number of carbonyl (C=O) groups excluding carboxylic acids is 10. The third kappa shape index (κ3) is 14.4. The summed E-state index contributed by atoms with van der Waals surface area (Å²) < 4.78 is 0. The third-order valence-corrected chi connectivity index (χ3v) is 7.35. The summed E-state index contributed by atoms with van der Waals surface area (Å²) in [5.41, 5.74) is 10.8. The summed E-state index contributed by atoms with van der Waals surface area (Å²) in [6, 6.07) is -4.46. The predicted molar refractivity (Wildman–Crippen MR) is 177 cm³/mol. The van der Waals surface area contributed by atoms with Crippen LogP contribution in [0.15, 0.2) is 24.3 Å². The monoisotopic (exact) mass is 750 g/mol. The first kappa shape index (κ1) is 42.8. The van der Waals surface area contributed by atoms with Gasteiger partial charge in [-0.05, 0) is 24.6 Å². The molecule has 1 aromatic rings. The van der Waals surface area contributed by atoms with Gasteiger partial charge >= 0.3 is 0 Å². The van der Waals surface area contributed by atoms with Gasteiger partial charge in [-0.2, -0.15) is 0 Å². The molecular weight excluding hydrogens is 708 g/mol. The maximum absolute atomic E-state index is 13.5. The van der Waals surface area contributed by atoms with E-state index in [1.54, 1.807) is 0 Å². The number of carbonyl (C=O) groups is 10. The normalized spacial score (nSPS) is 24.7. The molecule has 53 heavy (non-hydrogen) atoms. The third-order valence-electron chi connectivity index (χ3n) is 7.35. The van der Waals surface area contributed by atoms with Gasteiger partial charge in [-0.3, -0.25) is 47.9 Å². The van der Waals surface area contributed by atoms with Gasteiger partial charge in [0.25, 0.3) is 0 Å². The van der Waals surface area contributed by atoms with Crippen LogP contribution in [0.5, 0.6) is 5.75 Å². The fourth-order valence-electron chi connectivity index (χ4n) is 4.58. The number of hydrogen-bond donors (Lipinski definition) is 13. The fourth-order valence-corrected chi connectivity index (χ4v) is 4.58. The summed E-state index contributed by atoms with van der Waals surface area (Å²) >= 11 is 0. The number of phenols is 1. The van der Waals surface area contributed by atoms with Crippen molar-refractivity contribution in [2.75, 3.05) is 26.3 Å². The number of rotatable bonds is 8. The zero-order valence-corrected chi connectivity index (χ0v) is 28.3. The molecule has 10 amide bonds. The maximum atomic E-state index is 13.5. The summed E-state index contributed by atoms with van der Waals surface area (Å²) in [4.78, 5) is 127. The molecule has 6 atom stereocenters. The molecule has 15 N–H and O–H groups in total. The average molecular weight is 751 g/mol. The number of aromatic hydroxyl groups is 1. The van der Waals surface area contributed by atoms with Crippen LogP contribution in [-0.2, 0) is 54.4 Å². The van der Waals surface area contributed by atoms with E-state index in [-0.39, 0.29) is 12.2 Å². The van der Waals surface area contributed by atoms with Crippen LogP contribution in [0.1, 0.15) is 25.3 Å². The van der Waals surface area contributed by atoms with E-state index >= 15 is 0 Å². The van der Waals surface area contributed by atoms with Crippen LogP contribution < -0.4 is 54.0 Å². The Kier molecular flexibility index (Phi) is 16.5. The van der Waals surface area contributed by atoms with Gasteiger partial charge in [0.15, 0.2) is 0 Å². The minimum atomic E-state index is -1.74. The van der Waals surface area contributed by atoms with Crippen LogP contribution in [-0.4, -0.2) is 137 Å². The SMILES string of the molecule is C[C@@H]1NC(=O)[C@H](CO)NC(=O)[C@H](CC(N)=O)NC(=O)CNC(=O)[C@H](CC(N)=O)NC(=O)[C@H](Cc2ccc(O)cc2)NC(=O)[C@H](CO)NC(=O)CNC1=O. The fraction of sp³-hybridized carbons (Fsp3) is 0.467.